The van der Waals surface area contributed by atoms with Gasteiger partial charge >= 0.3 is 5.97 Å². The van der Waals surface area contributed by atoms with Crippen molar-refractivity contribution in [3.8, 4) is 0 Å². The molecule has 0 N–H and O–H groups in total. The van der Waals surface area contributed by atoms with E-state index in [1.54, 1.807) is 24.3 Å². The van der Waals surface area contributed by atoms with Gasteiger partial charge in [0.2, 0.25) is 0 Å². The molecule has 0 spiro atoms. The minimum Gasteiger partial charge on any atom is -0.465 e. The van der Waals surface area contributed by atoms with Gasteiger partial charge in [0.25, 0.3) is 5.91 Å². The number of nitrogens with zero attached hydrogens (tertiary/aromatic N) is 1. The summed E-state index contributed by atoms with van der Waals surface area (Å²) in [4.78, 5) is 26.5. The smallest absolute Gasteiger partial charge is 0.337 e. The van der Waals surface area contributed by atoms with Gasteiger partial charge in [0.15, 0.2) is 8.32 Å². The minimum atomic E-state index is -1.72. The minimum absolute atomic E-state index is 0.0436. The van der Waals surface area contributed by atoms with Crippen LogP contribution in [0.25, 0.3) is 0 Å². The Bertz CT molecular complexity index is 652. The maximum absolute atomic E-state index is 12.9. The third-order valence-corrected chi connectivity index (χ3v) is 9.94. The zero-order valence-electron chi connectivity index (χ0n) is 18.6. The number of methoxy groups -OCH3 is 1. The molecule has 158 valence electrons. The van der Waals surface area contributed by atoms with Crippen LogP contribution < -0.4 is 0 Å². The van der Waals surface area contributed by atoms with Gasteiger partial charge in [-0.15, -0.1) is 0 Å². The van der Waals surface area contributed by atoms with E-state index in [2.05, 4.69) is 40.8 Å². The van der Waals surface area contributed by atoms with Gasteiger partial charge in [0, 0.05) is 25.3 Å². The molecule has 5 nitrogen and oxygen atoms in total. The molecule has 0 heterocycles. The molecular weight excluding hydrogens is 370 g/mol. The first kappa shape index (κ1) is 24.4. The summed E-state index contributed by atoms with van der Waals surface area (Å²) in [7, 11) is -0.377. The SMILES string of the molecule is CCCN(CCCCO[Si](C)(C)C(C)(C)C)C(=O)c1cccc(C(=O)OC)c1. The fourth-order valence-electron chi connectivity index (χ4n) is 2.61. The maximum Gasteiger partial charge on any atom is 0.337 e. The van der Waals surface area contributed by atoms with Gasteiger partial charge in [-0.25, -0.2) is 4.79 Å². The van der Waals surface area contributed by atoms with E-state index in [4.69, 9.17) is 9.16 Å². The highest BCUT2D eigenvalue weighted by molar-refractivity contribution is 6.74. The van der Waals surface area contributed by atoms with Gasteiger partial charge in [-0.2, -0.15) is 0 Å². The zero-order chi connectivity index (χ0) is 21.4. The Hall–Kier alpha value is -1.66. The van der Waals surface area contributed by atoms with Crippen LogP contribution in [0.3, 0.4) is 0 Å². The van der Waals surface area contributed by atoms with Crippen molar-refractivity contribution in [3.05, 3.63) is 35.4 Å². The van der Waals surface area contributed by atoms with Gasteiger partial charge in [-0.05, 0) is 55.6 Å². The second-order valence-electron chi connectivity index (χ2n) is 8.68. The lowest BCUT2D eigenvalue weighted by Gasteiger charge is -2.36. The Labute approximate surface area is 171 Å². The molecule has 0 saturated heterocycles. The average molecular weight is 408 g/mol. The molecule has 0 aromatic heterocycles. The largest absolute Gasteiger partial charge is 0.465 e. The summed E-state index contributed by atoms with van der Waals surface area (Å²) < 4.78 is 11.0. The second kappa shape index (κ2) is 10.8. The number of hydrogen-bond donors (Lipinski definition) is 0. The van der Waals surface area contributed by atoms with Crippen LogP contribution in [0.1, 0.15) is 67.7 Å². The number of carbonyl (C=O) groups excluding carboxylic acids is 2. The molecule has 0 aliphatic carbocycles. The van der Waals surface area contributed by atoms with Crippen LogP contribution in [0, 0.1) is 0 Å². The summed E-state index contributed by atoms with van der Waals surface area (Å²) >= 11 is 0. The highest BCUT2D eigenvalue weighted by Gasteiger charge is 2.36. The predicted molar refractivity (Wildman–Crippen MR) is 116 cm³/mol. The van der Waals surface area contributed by atoms with E-state index in [1.807, 2.05) is 4.90 Å². The fraction of sp³-hybridized carbons (Fsp3) is 0.636. The van der Waals surface area contributed by atoms with E-state index >= 15 is 0 Å². The van der Waals surface area contributed by atoms with E-state index in [9.17, 15) is 9.59 Å². The molecular formula is C22H37NO4Si. The lowest BCUT2D eigenvalue weighted by atomic mass is 10.1. The summed E-state index contributed by atoms with van der Waals surface area (Å²) in [5.74, 6) is -0.475. The third-order valence-electron chi connectivity index (χ3n) is 5.40. The topological polar surface area (TPSA) is 55.8 Å². The van der Waals surface area contributed by atoms with Crippen LogP contribution >= 0.6 is 0 Å². The van der Waals surface area contributed by atoms with Gasteiger partial charge < -0.3 is 14.1 Å². The van der Waals surface area contributed by atoms with Crippen LogP contribution in [0.15, 0.2) is 24.3 Å². The van der Waals surface area contributed by atoms with Crippen LogP contribution in [-0.2, 0) is 9.16 Å². The van der Waals surface area contributed by atoms with Crippen LogP contribution in [0.2, 0.25) is 18.1 Å². The Kier molecular flexibility index (Phi) is 9.37. The molecule has 0 fully saturated rings. The highest BCUT2D eigenvalue weighted by atomic mass is 28.4. The molecule has 1 aromatic rings. The van der Waals surface area contributed by atoms with Crippen molar-refractivity contribution in [1.82, 2.24) is 4.90 Å². The normalized spacial score (nSPS) is 12.0. The van der Waals surface area contributed by atoms with Crippen molar-refractivity contribution < 1.29 is 18.8 Å². The number of benzene rings is 1. The highest BCUT2D eigenvalue weighted by Crippen LogP contribution is 2.36. The predicted octanol–water partition coefficient (Wildman–Crippen LogP) is 5.13. The van der Waals surface area contributed by atoms with E-state index in [0.717, 1.165) is 25.9 Å². The molecule has 1 amide bonds. The quantitative estimate of drug-likeness (QED) is 0.307. The number of esters is 1. The summed E-state index contributed by atoms with van der Waals surface area (Å²) in [5.41, 5.74) is 0.918. The summed E-state index contributed by atoms with van der Waals surface area (Å²) in [6.07, 6.45) is 2.72. The van der Waals surface area contributed by atoms with Crippen LogP contribution in [0.5, 0.6) is 0 Å². The lowest BCUT2D eigenvalue weighted by Crippen LogP contribution is -2.41. The van der Waals surface area contributed by atoms with Crippen molar-refractivity contribution >= 4 is 20.2 Å². The van der Waals surface area contributed by atoms with Crippen molar-refractivity contribution in [2.45, 2.75) is 65.1 Å². The lowest BCUT2D eigenvalue weighted by molar-refractivity contribution is 0.0600. The van der Waals surface area contributed by atoms with Crippen molar-refractivity contribution in [2.75, 3.05) is 26.8 Å². The number of rotatable bonds is 10. The molecule has 0 atom stereocenters. The van der Waals surface area contributed by atoms with Gasteiger partial charge in [0.1, 0.15) is 0 Å². The van der Waals surface area contributed by atoms with E-state index < -0.39 is 14.3 Å². The summed E-state index contributed by atoms with van der Waals surface area (Å²) in [5, 5.41) is 0.210. The molecule has 28 heavy (non-hydrogen) atoms. The second-order valence-corrected chi connectivity index (χ2v) is 13.5. The fourth-order valence-corrected chi connectivity index (χ4v) is 3.70. The van der Waals surface area contributed by atoms with Crippen molar-refractivity contribution in [1.29, 1.82) is 0 Å². The Morgan fingerprint density at radius 1 is 1.07 bits per heavy atom. The van der Waals surface area contributed by atoms with Crippen molar-refractivity contribution in [3.63, 3.8) is 0 Å². The molecule has 0 aliphatic rings. The first-order chi connectivity index (χ1) is 13.0. The molecule has 0 saturated carbocycles. The molecule has 6 heteroatoms. The van der Waals surface area contributed by atoms with Gasteiger partial charge in [0.05, 0.1) is 12.7 Å². The first-order valence-electron chi connectivity index (χ1n) is 10.1. The number of unbranched alkanes of at least 4 members (excludes halogenated alkanes) is 1. The number of carbonyl (C=O) groups is 2. The van der Waals surface area contributed by atoms with E-state index in [0.29, 0.717) is 24.2 Å². The molecule has 0 unspecified atom stereocenters. The number of amides is 1. The molecule has 0 radical (unpaired) electrons. The Morgan fingerprint density at radius 3 is 2.29 bits per heavy atom. The van der Waals surface area contributed by atoms with Crippen LogP contribution in [-0.4, -0.2) is 51.9 Å². The molecule has 0 bridgehead atoms. The van der Waals surface area contributed by atoms with Crippen LogP contribution in [0.4, 0.5) is 0 Å². The van der Waals surface area contributed by atoms with E-state index in [-0.39, 0.29) is 10.9 Å². The average Bonchev–Trinajstić information content (AvgIpc) is 2.64. The third kappa shape index (κ3) is 7.06. The summed E-state index contributed by atoms with van der Waals surface area (Å²) in [6, 6.07) is 6.73. The maximum atomic E-state index is 12.9. The molecule has 1 aromatic carbocycles. The van der Waals surface area contributed by atoms with Gasteiger partial charge in [-0.3, -0.25) is 4.79 Å². The monoisotopic (exact) mass is 407 g/mol. The molecule has 0 aliphatic heterocycles. The van der Waals surface area contributed by atoms with E-state index in [1.165, 1.54) is 7.11 Å². The van der Waals surface area contributed by atoms with Crippen molar-refractivity contribution in [2.24, 2.45) is 0 Å². The standard InChI is InChI=1S/C22H37NO4Si/c1-8-14-23(15-9-10-16-27-28(6,7)22(2,3)4)20(24)18-12-11-13-19(17-18)21(25)26-5/h11-13,17H,8-10,14-16H2,1-7H3. The zero-order valence-corrected chi connectivity index (χ0v) is 19.6. The first-order valence-corrected chi connectivity index (χ1v) is 13.1. The molecule has 1 rings (SSSR count). The Balaban J connectivity index is 2.63. The van der Waals surface area contributed by atoms with Gasteiger partial charge in [-0.1, -0.05) is 33.8 Å². The number of ether oxygens (including phenoxy) is 1. The Morgan fingerprint density at radius 2 is 1.71 bits per heavy atom. The summed E-state index contributed by atoms with van der Waals surface area (Å²) in [6.45, 7) is 15.4. The number of hydrogen-bond acceptors (Lipinski definition) is 4.